The Labute approximate surface area is 321 Å². The molecule has 0 fully saturated rings. The lowest BCUT2D eigenvalue weighted by molar-refractivity contribution is 0.102. The Kier molecular flexibility index (Phi) is 8.64. The third kappa shape index (κ3) is 6.65. The molecule has 3 amide bonds. The Morgan fingerprint density at radius 3 is 1.32 bits per heavy atom. The van der Waals surface area contributed by atoms with Gasteiger partial charge < -0.3 is 16.0 Å². The summed E-state index contributed by atoms with van der Waals surface area (Å²) >= 11 is 0. The molecule has 0 saturated carbocycles. The van der Waals surface area contributed by atoms with Crippen LogP contribution in [0.3, 0.4) is 0 Å². The van der Waals surface area contributed by atoms with E-state index in [1.807, 2.05) is 128 Å². The first kappa shape index (κ1) is 34.0. The zero-order valence-corrected chi connectivity index (χ0v) is 30.1. The van der Waals surface area contributed by atoms with E-state index in [1.54, 1.807) is 18.6 Å². The second-order valence-corrected chi connectivity index (χ2v) is 13.6. The molecule has 0 aliphatic carbocycles. The van der Waals surface area contributed by atoms with Gasteiger partial charge >= 0.3 is 0 Å². The number of anilines is 3. The minimum atomic E-state index is -0.514. The summed E-state index contributed by atoms with van der Waals surface area (Å²) in [7, 11) is 0. The van der Waals surface area contributed by atoms with Crippen molar-refractivity contribution in [2.75, 3.05) is 16.0 Å². The second kappa shape index (κ2) is 14.2. The number of rotatable bonds is 7. The number of fused-ring (bicyclic) bond motifs is 6. The van der Waals surface area contributed by atoms with Crippen LogP contribution < -0.4 is 16.0 Å². The zero-order valence-electron chi connectivity index (χ0n) is 30.1. The Morgan fingerprint density at radius 1 is 0.429 bits per heavy atom. The molecule has 6 aromatic carbocycles. The third-order valence-corrected chi connectivity index (χ3v) is 9.77. The number of amides is 3. The molecule has 0 spiro atoms. The van der Waals surface area contributed by atoms with E-state index in [0.717, 1.165) is 60.2 Å². The molecule has 268 valence electrons. The smallest absolute Gasteiger partial charge is 0.255 e. The molecule has 3 aromatic heterocycles. The molecule has 9 heteroatoms. The summed E-state index contributed by atoms with van der Waals surface area (Å²) in [6.45, 7) is 1.92. The molecule has 9 nitrogen and oxygen atoms in total. The van der Waals surface area contributed by atoms with Crippen molar-refractivity contribution in [1.29, 1.82) is 0 Å². The van der Waals surface area contributed by atoms with E-state index in [-0.39, 0.29) is 16.7 Å². The van der Waals surface area contributed by atoms with E-state index in [1.165, 1.54) is 18.2 Å². The van der Waals surface area contributed by atoms with Crippen LogP contribution in [0.15, 0.2) is 158 Å². The van der Waals surface area contributed by atoms with Gasteiger partial charge in [-0.25, -0.2) is 0 Å². The van der Waals surface area contributed by atoms with E-state index in [2.05, 4.69) is 30.9 Å². The summed E-state index contributed by atoms with van der Waals surface area (Å²) in [4.78, 5) is 55.5. The minimum absolute atomic E-state index is 0.109. The summed E-state index contributed by atoms with van der Waals surface area (Å²) in [6.07, 6.45) is 4.78. The van der Waals surface area contributed by atoms with E-state index in [9.17, 15) is 14.4 Å². The minimum Gasteiger partial charge on any atom is -0.321 e. The van der Waals surface area contributed by atoms with Gasteiger partial charge in [0.2, 0.25) is 0 Å². The summed E-state index contributed by atoms with van der Waals surface area (Å²) in [5, 5.41) is 14.6. The van der Waals surface area contributed by atoms with Crippen LogP contribution in [0.2, 0.25) is 0 Å². The van der Waals surface area contributed by atoms with Gasteiger partial charge in [-0.1, -0.05) is 103 Å². The van der Waals surface area contributed by atoms with Crippen molar-refractivity contribution in [3.63, 3.8) is 0 Å². The number of hydrogen-bond acceptors (Lipinski definition) is 6. The van der Waals surface area contributed by atoms with E-state index in [4.69, 9.17) is 0 Å². The number of hydrogen-bond donors (Lipinski definition) is 3. The van der Waals surface area contributed by atoms with Crippen molar-refractivity contribution in [2.45, 2.75) is 6.92 Å². The fourth-order valence-electron chi connectivity index (χ4n) is 7.05. The number of benzene rings is 6. The van der Waals surface area contributed by atoms with Crippen LogP contribution in [0.5, 0.6) is 0 Å². The first-order chi connectivity index (χ1) is 27.4. The molecule has 56 heavy (non-hydrogen) atoms. The van der Waals surface area contributed by atoms with Crippen LogP contribution in [-0.2, 0) is 0 Å². The lowest BCUT2D eigenvalue weighted by Crippen LogP contribution is -2.19. The molecule has 3 heterocycles. The van der Waals surface area contributed by atoms with Gasteiger partial charge in [0.05, 0.1) is 52.4 Å². The highest BCUT2D eigenvalue weighted by Gasteiger charge is 2.19. The fraction of sp³-hybridized carbons (Fsp3) is 0.0213. The monoisotopic (exact) mass is 728 g/mol. The molecule has 9 rings (SSSR count). The third-order valence-electron chi connectivity index (χ3n) is 9.77. The Balaban J connectivity index is 1.03. The first-order valence-electron chi connectivity index (χ1n) is 18.0. The van der Waals surface area contributed by atoms with Gasteiger partial charge in [-0.3, -0.25) is 29.3 Å². The van der Waals surface area contributed by atoms with Crippen molar-refractivity contribution in [1.82, 2.24) is 15.0 Å². The molecule has 0 bridgehead atoms. The lowest BCUT2D eigenvalue weighted by Gasteiger charge is -2.13. The van der Waals surface area contributed by atoms with Crippen LogP contribution in [0.1, 0.15) is 36.6 Å². The van der Waals surface area contributed by atoms with Gasteiger partial charge in [-0.05, 0) is 59.7 Å². The van der Waals surface area contributed by atoms with Crippen molar-refractivity contribution in [3.05, 3.63) is 180 Å². The van der Waals surface area contributed by atoms with Crippen molar-refractivity contribution >= 4 is 78.1 Å². The number of pyridine rings is 3. The van der Waals surface area contributed by atoms with Crippen molar-refractivity contribution in [3.8, 4) is 11.3 Å². The number of aromatic nitrogens is 3. The number of carbonyl (C=O) groups excluding carboxylic acids is 3. The van der Waals surface area contributed by atoms with E-state index >= 15 is 0 Å². The van der Waals surface area contributed by atoms with Crippen LogP contribution in [0.25, 0.3) is 54.6 Å². The SMILES string of the molecule is Cc1cc(NC(=O)c2cc(C(=O)Nc3cnc4c(ccc5ccccc54)c3)cc(C(=O)Nc3cnc4c(ccc5ccccc54)c3)c2)cnc1-c1ccccc1. The van der Waals surface area contributed by atoms with Crippen LogP contribution in [0, 0.1) is 6.92 Å². The molecule has 0 aliphatic heterocycles. The number of carbonyl (C=O) groups is 3. The zero-order chi connectivity index (χ0) is 38.2. The average Bonchev–Trinajstić information content (AvgIpc) is 3.23. The molecule has 9 aromatic rings. The maximum atomic E-state index is 13.9. The highest BCUT2D eigenvalue weighted by atomic mass is 16.2. The molecular formula is C47H32N6O3. The first-order valence-corrected chi connectivity index (χ1v) is 18.0. The Bertz CT molecular complexity index is 2890. The van der Waals surface area contributed by atoms with E-state index < -0.39 is 17.7 Å². The molecule has 0 saturated heterocycles. The van der Waals surface area contributed by atoms with E-state index in [0.29, 0.717) is 17.1 Å². The van der Waals surface area contributed by atoms with Gasteiger partial charge in [-0.2, -0.15) is 0 Å². The molecular weight excluding hydrogens is 697 g/mol. The van der Waals surface area contributed by atoms with Crippen LogP contribution in [0.4, 0.5) is 17.1 Å². The second-order valence-electron chi connectivity index (χ2n) is 13.6. The van der Waals surface area contributed by atoms with Gasteiger partial charge in [0.25, 0.3) is 17.7 Å². The normalized spacial score (nSPS) is 11.2. The predicted octanol–water partition coefficient (Wildman–Crippen LogP) is 10.2. The largest absolute Gasteiger partial charge is 0.321 e. The standard InChI is InChI=1S/C47H32N6O3/c1-28-19-37(25-48-42(28)31-11-3-2-4-12-31)51-45(54)34-20-35(46(55)52-38-23-32-17-15-29-9-5-7-13-40(29)43(32)49-26-38)22-36(21-34)47(56)53-39-24-33-18-16-30-10-6-8-14-41(30)44(33)50-27-39/h2-27H,1H3,(H,51,54)(H,52,55)(H,53,56). The maximum absolute atomic E-state index is 13.9. The highest BCUT2D eigenvalue weighted by Crippen LogP contribution is 2.28. The van der Waals surface area contributed by atoms with Crippen LogP contribution >= 0.6 is 0 Å². The molecule has 0 aliphatic rings. The van der Waals surface area contributed by atoms with Gasteiger partial charge in [0.15, 0.2) is 0 Å². The molecule has 0 radical (unpaired) electrons. The van der Waals surface area contributed by atoms with Crippen LogP contribution in [-0.4, -0.2) is 32.7 Å². The average molecular weight is 729 g/mol. The predicted molar refractivity (Wildman–Crippen MR) is 223 cm³/mol. The summed E-state index contributed by atoms with van der Waals surface area (Å²) in [5.74, 6) is -1.54. The number of aryl methyl sites for hydroxylation is 1. The van der Waals surface area contributed by atoms with Gasteiger partial charge in [0.1, 0.15) is 0 Å². The van der Waals surface area contributed by atoms with Crippen molar-refractivity contribution < 1.29 is 14.4 Å². The topological polar surface area (TPSA) is 126 Å². The summed E-state index contributed by atoms with van der Waals surface area (Å²) in [6, 6.07) is 43.6. The lowest BCUT2D eigenvalue weighted by atomic mass is 10.0. The Hall–Kier alpha value is -7.78. The molecule has 0 atom stereocenters. The molecule has 0 unspecified atom stereocenters. The summed E-state index contributed by atoms with van der Waals surface area (Å²) < 4.78 is 0. The fourth-order valence-corrected chi connectivity index (χ4v) is 7.05. The van der Waals surface area contributed by atoms with Gasteiger partial charge in [-0.15, -0.1) is 0 Å². The highest BCUT2D eigenvalue weighted by molar-refractivity contribution is 6.14. The quantitative estimate of drug-likeness (QED) is 0.140. The van der Waals surface area contributed by atoms with Crippen molar-refractivity contribution in [2.24, 2.45) is 0 Å². The number of nitrogens with zero attached hydrogens (tertiary/aromatic N) is 3. The Morgan fingerprint density at radius 2 is 0.839 bits per heavy atom. The molecule has 3 N–H and O–H groups in total. The number of nitrogens with one attached hydrogen (secondary N) is 3. The van der Waals surface area contributed by atoms with Gasteiger partial charge in [0, 0.05) is 43.8 Å². The maximum Gasteiger partial charge on any atom is 0.255 e. The summed E-state index contributed by atoms with van der Waals surface area (Å²) in [5.41, 5.74) is 6.00.